The molecular formula is C12H14N2O4S2. The van der Waals surface area contributed by atoms with Crippen LogP contribution in [0.25, 0.3) is 0 Å². The van der Waals surface area contributed by atoms with Crippen LogP contribution in [0.15, 0.2) is 4.34 Å². The normalized spacial score (nSPS) is 14.8. The van der Waals surface area contributed by atoms with Gasteiger partial charge in [0, 0.05) is 17.8 Å². The first kappa shape index (κ1) is 15.0. The van der Waals surface area contributed by atoms with Crippen LogP contribution in [0.3, 0.4) is 0 Å². The van der Waals surface area contributed by atoms with Crippen molar-refractivity contribution in [2.75, 3.05) is 12.3 Å². The van der Waals surface area contributed by atoms with Gasteiger partial charge in [0.25, 0.3) is 0 Å². The summed E-state index contributed by atoms with van der Waals surface area (Å²) in [6.07, 6.45) is 1.12. The van der Waals surface area contributed by atoms with Crippen molar-refractivity contribution in [2.45, 2.75) is 30.5 Å². The number of likely N-dealkylation sites (tertiary alicyclic amines) is 1. The fourth-order valence-corrected chi connectivity index (χ4v) is 3.98. The molecule has 0 unspecified atom stereocenters. The van der Waals surface area contributed by atoms with Gasteiger partial charge in [-0.2, -0.15) is 0 Å². The maximum Gasteiger partial charge on any atom is 0.308 e. The van der Waals surface area contributed by atoms with Gasteiger partial charge in [0.2, 0.25) is 11.8 Å². The van der Waals surface area contributed by atoms with E-state index in [4.69, 9.17) is 5.11 Å². The molecule has 108 valence electrons. The molecule has 1 fully saturated rings. The zero-order valence-electron chi connectivity index (χ0n) is 10.9. The Balaban J connectivity index is 1.92. The van der Waals surface area contributed by atoms with E-state index in [1.165, 1.54) is 28.0 Å². The average Bonchev–Trinajstić information content (AvgIpc) is 2.93. The summed E-state index contributed by atoms with van der Waals surface area (Å²) in [5, 5.41) is 8.77. The van der Waals surface area contributed by atoms with Gasteiger partial charge >= 0.3 is 5.97 Å². The third-order valence-electron chi connectivity index (χ3n) is 2.88. The van der Waals surface area contributed by atoms with Crippen molar-refractivity contribution in [3.63, 3.8) is 0 Å². The van der Waals surface area contributed by atoms with Crippen molar-refractivity contribution in [3.05, 3.63) is 10.6 Å². The summed E-state index contributed by atoms with van der Waals surface area (Å²) in [6.45, 7) is 2.25. The van der Waals surface area contributed by atoms with Crippen molar-refractivity contribution < 1.29 is 19.5 Å². The molecule has 1 saturated heterocycles. The molecule has 0 aromatic carbocycles. The number of aliphatic carboxylic acids is 1. The van der Waals surface area contributed by atoms with E-state index in [0.717, 1.165) is 6.42 Å². The van der Waals surface area contributed by atoms with Gasteiger partial charge in [-0.15, -0.1) is 11.3 Å². The second-order valence-electron chi connectivity index (χ2n) is 4.39. The predicted octanol–water partition coefficient (Wildman–Crippen LogP) is 1.32. The average molecular weight is 314 g/mol. The minimum Gasteiger partial charge on any atom is -0.481 e. The van der Waals surface area contributed by atoms with Crippen molar-refractivity contribution in [2.24, 2.45) is 0 Å². The summed E-state index contributed by atoms with van der Waals surface area (Å²) in [4.78, 5) is 40.2. The van der Waals surface area contributed by atoms with Crippen LogP contribution in [0.1, 0.15) is 23.4 Å². The van der Waals surface area contributed by atoms with Crippen LogP contribution in [0.5, 0.6) is 0 Å². The number of amides is 2. The second kappa shape index (κ2) is 6.36. The van der Waals surface area contributed by atoms with E-state index >= 15 is 0 Å². The van der Waals surface area contributed by atoms with E-state index in [2.05, 4.69) is 4.98 Å². The number of imide groups is 1. The van der Waals surface area contributed by atoms with Crippen LogP contribution in [0.4, 0.5) is 0 Å². The van der Waals surface area contributed by atoms with Gasteiger partial charge < -0.3 is 5.11 Å². The molecule has 0 spiro atoms. The first-order valence-electron chi connectivity index (χ1n) is 6.11. The van der Waals surface area contributed by atoms with Crippen molar-refractivity contribution >= 4 is 40.9 Å². The highest BCUT2D eigenvalue weighted by Crippen LogP contribution is 2.28. The summed E-state index contributed by atoms with van der Waals surface area (Å²) in [5.41, 5.74) is 0.685. The summed E-state index contributed by atoms with van der Waals surface area (Å²) in [7, 11) is 0. The number of rotatable bonds is 5. The van der Waals surface area contributed by atoms with Gasteiger partial charge in [0.15, 0.2) is 4.34 Å². The van der Waals surface area contributed by atoms with Crippen LogP contribution in [-0.4, -0.2) is 45.1 Å². The largest absolute Gasteiger partial charge is 0.481 e. The molecule has 8 heteroatoms. The van der Waals surface area contributed by atoms with Crippen LogP contribution in [0.2, 0.25) is 0 Å². The number of carboxylic acid groups (broad SMARTS) is 1. The molecule has 0 atom stereocenters. The highest BCUT2D eigenvalue weighted by atomic mass is 32.2. The van der Waals surface area contributed by atoms with E-state index in [9.17, 15) is 14.4 Å². The smallest absolute Gasteiger partial charge is 0.308 e. The zero-order chi connectivity index (χ0) is 14.7. The molecule has 0 aliphatic carbocycles. The number of aromatic nitrogens is 1. The Morgan fingerprint density at radius 3 is 2.85 bits per heavy atom. The number of carbonyl (C=O) groups excluding carboxylic acids is 2. The molecule has 0 radical (unpaired) electrons. The van der Waals surface area contributed by atoms with E-state index in [0.29, 0.717) is 27.9 Å². The Labute approximate surface area is 124 Å². The summed E-state index contributed by atoms with van der Waals surface area (Å²) < 4.78 is 0.666. The highest BCUT2D eigenvalue weighted by Gasteiger charge is 2.26. The maximum absolute atomic E-state index is 11.9. The molecule has 6 nitrogen and oxygen atoms in total. The molecule has 2 rings (SSSR count). The number of carbonyl (C=O) groups is 3. The lowest BCUT2D eigenvalue weighted by Gasteiger charge is -2.12. The lowest BCUT2D eigenvalue weighted by Crippen LogP contribution is -2.33. The van der Waals surface area contributed by atoms with Crippen LogP contribution in [-0.2, 0) is 20.8 Å². The van der Waals surface area contributed by atoms with Gasteiger partial charge in [-0.25, -0.2) is 4.98 Å². The van der Waals surface area contributed by atoms with E-state index in [-0.39, 0.29) is 24.0 Å². The third-order valence-corrected chi connectivity index (χ3v) is 5.16. The first-order chi connectivity index (χ1) is 9.47. The number of carboxylic acids is 1. The lowest BCUT2D eigenvalue weighted by molar-refractivity contribution is -0.140. The quantitative estimate of drug-likeness (QED) is 0.825. The van der Waals surface area contributed by atoms with E-state index in [1.807, 2.05) is 0 Å². The third kappa shape index (κ3) is 3.57. The molecule has 1 N–H and O–H groups in total. The molecule has 2 amide bonds. The highest BCUT2D eigenvalue weighted by molar-refractivity contribution is 8.01. The molecule has 0 saturated carbocycles. The Morgan fingerprint density at radius 1 is 1.50 bits per heavy atom. The minimum absolute atomic E-state index is 0.0530. The molecule has 1 aliphatic heterocycles. The van der Waals surface area contributed by atoms with Gasteiger partial charge in [0.1, 0.15) is 0 Å². The van der Waals surface area contributed by atoms with Gasteiger partial charge in [-0.05, 0) is 13.3 Å². The van der Waals surface area contributed by atoms with E-state index < -0.39 is 5.97 Å². The summed E-state index contributed by atoms with van der Waals surface area (Å²) in [6, 6.07) is 0. The second-order valence-corrected chi connectivity index (χ2v) is 6.70. The standard InChI is InChI=1S/C12H14N2O4S2/c1-7-8(5-11(17)18)20-12(13-7)19-6-10(16)14-4-2-3-9(14)15/h2-6H2,1H3,(H,17,18). The number of aryl methyl sites for hydroxylation is 1. The minimum atomic E-state index is -0.896. The molecule has 2 heterocycles. The molecule has 0 bridgehead atoms. The summed E-state index contributed by atoms with van der Waals surface area (Å²) in [5.74, 6) is -1.06. The van der Waals surface area contributed by atoms with Crippen molar-refractivity contribution in [3.8, 4) is 0 Å². The Morgan fingerprint density at radius 2 is 2.25 bits per heavy atom. The summed E-state index contributed by atoms with van der Waals surface area (Å²) >= 11 is 2.54. The number of nitrogens with zero attached hydrogens (tertiary/aromatic N) is 2. The number of thioether (sulfide) groups is 1. The lowest BCUT2D eigenvalue weighted by atomic mass is 10.3. The molecule has 20 heavy (non-hydrogen) atoms. The number of hydrogen-bond acceptors (Lipinski definition) is 6. The fraction of sp³-hybridized carbons (Fsp3) is 0.500. The van der Waals surface area contributed by atoms with E-state index in [1.54, 1.807) is 6.92 Å². The molecule has 1 aromatic rings. The van der Waals surface area contributed by atoms with Crippen molar-refractivity contribution in [1.82, 2.24) is 9.88 Å². The number of thiazole rings is 1. The maximum atomic E-state index is 11.9. The van der Waals surface area contributed by atoms with Gasteiger partial charge in [-0.1, -0.05) is 11.8 Å². The Hall–Kier alpha value is -1.41. The molecular weight excluding hydrogens is 300 g/mol. The Kier molecular flexibility index (Phi) is 4.77. The SMILES string of the molecule is Cc1nc(SCC(=O)N2CCCC2=O)sc1CC(=O)O. The number of hydrogen-bond donors (Lipinski definition) is 1. The van der Waals surface area contributed by atoms with Crippen LogP contribution in [0, 0.1) is 6.92 Å². The van der Waals surface area contributed by atoms with Gasteiger partial charge in [0.05, 0.1) is 17.9 Å². The monoisotopic (exact) mass is 314 g/mol. The van der Waals surface area contributed by atoms with Gasteiger partial charge in [-0.3, -0.25) is 19.3 Å². The first-order valence-corrected chi connectivity index (χ1v) is 7.91. The van der Waals surface area contributed by atoms with Crippen LogP contribution < -0.4 is 0 Å². The topological polar surface area (TPSA) is 87.6 Å². The molecule has 1 aliphatic rings. The van der Waals surface area contributed by atoms with Crippen LogP contribution >= 0.6 is 23.1 Å². The predicted molar refractivity (Wildman–Crippen MR) is 74.9 cm³/mol. The van der Waals surface area contributed by atoms with Crippen molar-refractivity contribution in [1.29, 1.82) is 0 Å². The Bertz CT molecular complexity index is 556. The zero-order valence-corrected chi connectivity index (χ0v) is 12.6. The fourth-order valence-electron chi connectivity index (χ4n) is 1.88. The molecule has 1 aromatic heterocycles.